The van der Waals surface area contributed by atoms with Gasteiger partial charge in [0.05, 0.1) is 6.42 Å². The summed E-state index contributed by atoms with van der Waals surface area (Å²) < 4.78 is 0. The van der Waals surface area contributed by atoms with E-state index in [2.05, 4.69) is 0 Å². The summed E-state index contributed by atoms with van der Waals surface area (Å²) in [5, 5.41) is 18.9. The Hall–Kier alpha value is -0.130. The molecule has 46 valence electrons. The van der Waals surface area contributed by atoms with Gasteiger partial charge in [0.1, 0.15) is 0 Å². The topological polar surface area (TPSA) is 83.3 Å². The second-order valence-electron chi connectivity index (χ2n) is 1.18. The fraction of sp³-hybridized carbons (Fsp3) is 0.667. The minimum atomic E-state index is -1.39. The maximum absolute atomic E-state index is 9.49. The van der Waals surface area contributed by atoms with Crippen LogP contribution in [0, 0.1) is 10.1 Å². The Morgan fingerprint density at radius 3 is 2.11 bits per heavy atom. The van der Waals surface area contributed by atoms with Gasteiger partial charge in [-0.15, -0.1) is 0 Å². The van der Waals surface area contributed by atoms with Crippen LogP contribution in [0.2, 0.25) is 0 Å². The summed E-state index contributed by atoms with van der Waals surface area (Å²) in [7, 11) is 0. The molecular formula is C3H4NNaO4. The molecule has 0 unspecified atom stereocenters. The van der Waals surface area contributed by atoms with Crippen LogP contribution in [0.3, 0.4) is 0 Å². The van der Waals surface area contributed by atoms with Crippen LogP contribution in [-0.4, -0.2) is 17.4 Å². The van der Waals surface area contributed by atoms with E-state index in [0.29, 0.717) is 0 Å². The van der Waals surface area contributed by atoms with Crippen LogP contribution in [0.5, 0.6) is 0 Å². The van der Waals surface area contributed by atoms with E-state index in [0.717, 1.165) is 0 Å². The van der Waals surface area contributed by atoms with Crippen molar-refractivity contribution >= 4 is 5.97 Å². The molecular weight excluding hydrogens is 137 g/mol. The van der Waals surface area contributed by atoms with E-state index >= 15 is 0 Å². The van der Waals surface area contributed by atoms with Crippen molar-refractivity contribution in [1.82, 2.24) is 0 Å². The summed E-state index contributed by atoms with van der Waals surface area (Å²) >= 11 is 0. The number of carbonyl (C=O) groups is 1. The maximum atomic E-state index is 9.49. The Bertz CT molecular complexity index is 100. The number of rotatable bonds is 3. The molecule has 0 atom stereocenters. The number of nitrogens with zero attached hydrogens (tertiary/aromatic N) is 1. The SMILES string of the molecule is O=C([O-])CC[N+](=O)[O-].[Na+]. The van der Waals surface area contributed by atoms with Crippen LogP contribution in [-0.2, 0) is 4.79 Å². The van der Waals surface area contributed by atoms with Crippen molar-refractivity contribution in [3.63, 3.8) is 0 Å². The van der Waals surface area contributed by atoms with E-state index in [1.807, 2.05) is 0 Å². The number of hydrogen-bond donors (Lipinski definition) is 0. The van der Waals surface area contributed by atoms with Gasteiger partial charge in [-0.2, -0.15) is 0 Å². The van der Waals surface area contributed by atoms with Crippen LogP contribution < -0.4 is 34.7 Å². The monoisotopic (exact) mass is 141 g/mol. The Morgan fingerprint density at radius 1 is 1.56 bits per heavy atom. The Kier molecular flexibility index (Phi) is 7.76. The third kappa shape index (κ3) is 11.4. The molecule has 0 rings (SSSR count). The number of nitro groups is 1. The standard InChI is InChI=1S/C3H5NO4.Na/c5-3(6)1-2-4(7)8;/h1-2H2,(H,5,6);/q;+1/p-1. The second-order valence-corrected chi connectivity index (χ2v) is 1.18. The smallest absolute Gasteiger partial charge is 0.550 e. The van der Waals surface area contributed by atoms with Gasteiger partial charge < -0.3 is 9.90 Å². The van der Waals surface area contributed by atoms with Gasteiger partial charge in [-0.1, -0.05) is 0 Å². The van der Waals surface area contributed by atoms with Crippen LogP contribution >= 0.6 is 0 Å². The first-order valence-electron chi connectivity index (χ1n) is 1.94. The minimum Gasteiger partial charge on any atom is -0.550 e. The average Bonchev–Trinajstić information content (AvgIpc) is 1.61. The Balaban J connectivity index is 0. The first kappa shape index (κ1) is 11.6. The Labute approximate surface area is 73.5 Å². The van der Waals surface area contributed by atoms with Gasteiger partial charge >= 0.3 is 29.6 Å². The molecule has 9 heavy (non-hydrogen) atoms. The molecule has 0 saturated heterocycles. The summed E-state index contributed by atoms with van der Waals surface area (Å²) in [4.78, 5) is 18.2. The quantitative estimate of drug-likeness (QED) is 0.225. The normalized spacial score (nSPS) is 7.56. The molecule has 0 aromatic carbocycles. The molecule has 0 aliphatic heterocycles. The van der Waals surface area contributed by atoms with Crippen molar-refractivity contribution in [3.8, 4) is 0 Å². The predicted octanol–water partition coefficient (Wildman–Crippen LogP) is -4.59. The largest absolute Gasteiger partial charge is 1.00 e. The van der Waals surface area contributed by atoms with E-state index in [4.69, 9.17) is 0 Å². The van der Waals surface area contributed by atoms with Gasteiger partial charge in [-0.3, -0.25) is 10.1 Å². The predicted molar refractivity (Wildman–Crippen MR) is 21.5 cm³/mol. The summed E-state index contributed by atoms with van der Waals surface area (Å²) in [6.07, 6.45) is -0.507. The third-order valence-corrected chi connectivity index (χ3v) is 0.499. The number of hydrogen-bond acceptors (Lipinski definition) is 4. The van der Waals surface area contributed by atoms with Crippen molar-refractivity contribution in [2.45, 2.75) is 6.42 Å². The number of carboxylic acid groups (broad SMARTS) is 1. The number of carboxylic acids is 1. The van der Waals surface area contributed by atoms with E-state index in [1.54, 1.807) is 0 Å². The molecule has 0 fully saturated rings. The minimum absolute atomic E-state index is 0. The molecule has 6 heteroatoms. The van der Waals surface area contributed by atoms with Crippen molar-refractivity contribution in [2.24, 2.45) is 0 Å². The summed E-state index contributed by atoms with van der Waals surface area (Å²) in [5.74, 6) is -1.39. The zero-order valence-corrected chi connectivity index (χ0v) is 6.99. The van der Waals surface area contributed by atoms with E-state index in [9.17, 15) is 20.0 Å². The molecule has 0 aliphatic rings. The van der Waals surface area contributed by atoms with Gasteiger partial charge in [0, 0.05) is 10.9 Å². The molecule has 0 N–H and O–H groups in total. The van der Waals surface area contributed by atoms with Crippen molar-refractivity contribution in [2.75, 3.05) is 6.54 Å². The molecule has 0 amide bonds. The van der Waals surface area contributed by atoms with Crippen molar-refractivity contribution in [1.29, 1.82) is 0 Å². The van der Waals surface area contributed by atoms with Crippen LogP contribution in [0.1, 0.15) is 6.42 Å². The van der Waals surface area contributed by atoms with Crippen LogP contribution in [0.25, 0.3) is 0 Å². The first-order valence-corrected chi connectivity index (χ1v) is 1.94. The molecule has 0 bridgehead atoms. The molecule has 0 aromatic heterocycles. The number of carbonyl (C=O) groups excluding carboxylic acids is 1. The van der Waals surface area contributed by atoms with Crippen molar-refractivity contribution < 1.29 is 44.4 Å². The number of aliphatic carboxylic acids is 1. The molecule has 0 heterocycles. The van der Waals surface area contributed by atoms with E-state index in [-0.39, 0.29) is 29.6 Å². The molecule has 0 spiro atoms. The Morgan fingerprint density at radius 2 is 2.00 bits per heavy atom. The summed E-state index contributed by atoms with van der Waals surface area (Å²) in [6.45, 7) is -0.553. The summed E-state index contributed by atoms with van der Waals surface area (Å²) in [5.41, 5.74) is 0. The molecule has 5 nitrogen and oxygen atoms in total. The van der Waals surface area contributed by atoms with Gasteiger partial charge in [-0.05, 0) is 0 Å². The average molecular weight is 141 g/mol. The van der Waals surface area contributed by atoms with Gasteiger partial charge in [-0.25, -0.2) is 0 Å². The fourth-order valence-electron chi connectivity index (χ4n) is 0.183. The van der Waals surface area contributed by atoms with Crippen LogP contribution in [0.15, 0.2) is 0 Å². The maximum Gasteiger partial charge on any atom is 1.00 e. The summed E-state index contributed by atoms with van der Waals surface area (Å²) in [6, 6.07) is 0. The van der Waals surface area contributed by atoms with E-state index in [1.165, 1.54) is 0 Å². The molecule has 0 radical (unpaired) electrons. The fourth-order valence-corrected chi connectivity index (χ4v) is 0.183. The van der Waals surface area contributed by atoms with E-state index < -0.39 is 23.9 Å². The van der Waals surface area contributed by atoms with Crippen molar-refractivity contribution in [3.05, 3.63) is 10.1 Å². The van der Waals surface area contributed by atoms with Gasteiger partial charge in [0.2, 0.25) is 6.54 Å². The second kappa shape index (κ2) is 6.00. The molecule has 0 aliphatic carbocycles. The molecule has 0 saturated carbocycles. The van der Waals surface area contributed by atoms with Crippen LogP contribution in [0.4, 0.5) is 0 Å². The third-order valence-electron chi connectivity index (χ3n) is 0.499. The van der Waals surface area contributed by atoms with Gasteiger partial charge in [0.25, 0.3) is 0 Å². The first-order chi connectivity index (χ1) is 3.63. The zero-order valence-electron chi connectivity index (χ0n) is 4.99. The molecule has 0 aromatic rings. The zero-order chi connectivity index (χ0) is 6.57. The van der Waals surface area contributed by atoms with Gasteiger partial charge in [0.15, 0.2) is 0 Å².